The Morgan fingerprint density at radius 3 is 2.35 bits per heavy atom. The third-order valence-electron chi connectivity index (χ3n) is 5.14. The minimum absolute atomic E-state index is 0.0714. The van der Waals surface area contributed by atoms with E-state index < -0.39 is 34.7 Å². The van der Waals surface area contributed by atoms with Crippen LogP contribution >= 0.6 is 0 Å². The predicted octanol–water partition coefficient (Wildman–Crippen LogP) is 4.68. The van der Waals surface area contributed by atoms with E-state index in [1.807, 2.05) is 20.8 Å². The number of aliphatic hydroxyl groups is 1. The number of carbonyl (C=O) groups is 2. The van der Waals surface area contributed by atoms with Crippen LogP contribution in [0.15, 0.2) is 70.9 Å². The van der Waals surface area contributed by atoms with E-state index in [9.17, 15) is 19.1 Å². The largest absolute Gasteiger partial charge is 0.509 e. The smallest absolute Gasteiger partial charge is 0.264 e. The van der Waals surface area contributed by atoms with Crippen LogP contribution in [0.3, 0.4) is 0 Å². The van der Waals surface area contributed by atoms with Crippen molar-refractivity contribution in [3.05, 3.63) is 89.1 Å². The number of benzene rings is 2. The Balaban J connectivity index is 1.87. The summed E-state index contributed by atoms with van der Waals surface area (Å²) in [7, 11) is 0. The van der Waals surface area contributed by atoms with Crippen molar-refractivity contribution in [3.8, 4) is 0 Å². The number of hydrogen-bond donors (Lipinski definition) is 1. The third-order valence-corrected chi connectivity index (χ3v) is 5.14. The summed E-state index contributed by atoms with van der Waals surface area (Å²) in [4.78, 5) is 27.8. The first-order valence-corrected chi connectivity index (χ1v) is 9.78. The summed E-state index contributed by atoms with van der Waals surface area (Å²) >= 11 is 0. The van der Waals surface area contributed by atoms with Crippen molar-refractivity contribution < 1.29 is 23.6 Å². The van der Waals surface area contributed by atoms with Crippen LogP contribution in [0.25, 0.3) is 5.57 Å². The Labute approximate surface area is 178 Å². The number of rotatable bonds is 4. The topological polar surface area (TPSA) is 83.6 Å². The lowest BCUT2D eigenvalue weighted by molar-refractivity contribution is -0.113. The summed E-state index contributed by atoms with van der Waals surface area (Å²) in [5, 5.41) is 15.0. The molecule has 1 N–H and O–H groups in total. The zero-order chi connectivity index (χ0) is 22.3. The van der Waals surface area contributed by atoms with Crippen LogP contribution < -0.4 is 4.90 Å². The number of anilines is 1. The van der Waals surface area contributed by atoms with Gasteiger partial charge in [0, 0.05) is 22.6 Å². The van der Waals surface area contributed by atoms with Crippen molar-refractivity contribution in [2.75, 3.05) is 4.90 Å². The fourth-order valence-corrected chi connectivity index (χ4v) is 3.49. The Kier molecular flexibility index (Phi) is 4.97. The van der Waals surface area contributed by atoms with Crippen molar-refractivity contribution >= 4 is 23.1 Å². The van der Waals surface area contributed by atoms with Gasteiger partial charge in [-0.1, -0.05) is 74.5 Å². The van der Waals surface area contributed by atoms with Gasteiger partial charge in [-0.15, -0.1) is 0 Å². The molecule has 0 fully saturated rings. The minimum Gasteiger partial charge on any atom is -0.509 e. The van der Waals surface area contributed by atoms with E-state index in [4.69, 9.17) is 4.52 Å². The Morgan fingerprint density at radius 1 is 1.10 bits per heavy atom. The SMILES string of the molecule is CC(C)(C)c1cc(N2C(=O)C(c3ccccc3F)=C(O)C2C(=O)c2ccccc2)no1. The fraction of sp³-hybridized carbons (Fsp3) is 0.208. The molecule has 4 rings (SSSR count). The highest BCUT2D eigenvalue weighted by Crippen LogP contribution is 2.38. The summed E-state index contributed by atoms with van der Waals surface area (Å²) in [5.41, 5.74) is -0.451. The quantitative estimate of drug-likeness (QED) is 0.620. The number of aromatic nitrogens is 1. The summed E-state index contributed by atoms with van der Waals surface area (Å²) in [6.07, 6.45) is 0. The zero-order valence-electron chi connectivity index (χ0n) is 17.3. The molecule has 1 atom stereocenters. The van der Waals surface area contributed by atoms with Crippen LogP contribution in [-0.2, 0) is 10.2 Å². The molecule has 2 aromatic carbocycles. The first kappa shape index (κ1) is 20.5. The average Bonchev–Trinajstić information content (AvgIpc) is 3.32. The van der Waals surface area contributed by atoms with Gasteiger partial charge in [-0.2, -0.15) is 0 Å². The van der Waals surface area contributed by atoms with E-state index in [-0.39, 0.29) is 17.0 Å². The minimum atomic E-state index is -1.39. The predicted molar refractivity (Wildman–Crippen MR) is 113 cm³/mol. The van der Waals surface area contributed by atoms with Gasteiger partial charge in [0.25, 0.3) is 5.91 Å². The second-order valence-corrected chi connectivity index (χ2v) is 8.35. The maximum Gasteiger partial charge on any atom is 0.264 e. The van der Waals surface area contributed by atoms with Gasteiger partial charge in [0.2, 0.25) is 0 Å². The second-order valence-electron chi connectivity index (χ2n) is 8.35. The first-order valence-electron chi connectivity index (χ1n) is 9.78. The molecular weight excluding hydrogens is 399 g/mol. The third kappa shape index (κ3) is 3.52. The van der Waals surface area contributed by atoms with Gasteiger partial charge in [0.1, 0.15) is 17.3 Å². The molecular formula is C24H21FN2O4. The zero-order valence-corrected chi connectivity index (χ0v) is 17.3. The van der Waals surface area contributed by atoms with Gasteiger partial charge in [-0.25, -0.2) is 4.39 Å². The molecule has 0 aliphatic carbocycles. The highest BCUT2D eigenvalue weighted by molar-refractivity contribution is 6.33. The molecule has 0 spiro atoms. The fourth-order valence-electron chi connectivity index (χ4n) is 3.49. The van der Waals surface area contributed by atoms with Gasteiger partial charge in [-0.05, 0) is 6.07 Å². The van der Waals surface area contributed by atoms with Crippen LogP contribution in [0.1, 0.15) is 42.5 Å². The van der Waals surface area contributed by atoms with E-state index in [1.54, 1.807) is 42.5 Å². The lowest BCUT2D eigenvalue weighted by atomic mass is 9.93. The van der Waals surface area contributed by atoms with E-state index in [2.05, 4.69) is 5.16 Å². The molecule has 0 bridgehead atoms. The summed E-state index contributed by atoms with van der Waals surface area (Å²) in [6, 6.07) is 14.1. The maximum absolute atomic E-state index is 14.5. The molecule has 0 radical (unpaired) electrons. The number of nitrogens with zero attached hydrogens (tertiary/aromatic N) is 2. The lowest BCUT2D eigenvalue weighted by Crippen LogP contribution is -2.41. The van der Waals surface area contributed by atoms with Crippen LogP contribution in [0, 0.1) is 5.82 Å². The molecule has 1 aromatic heterocycles. The average molecular weight is 420 g/mol. The molecule has 0 saturated heterocycles. The normalized spacial score (nSPS) is 16.8. The van der Waals surface area contributed by atoms with Gasteiger partial charge in [0.15, 0.2) is 17.6 Å². The van der Waals surface area contributed by atoms with Crippen molar-refractivity contribution in [2.24, 2.45) is 0 Å². The molecule has 158 valence electrons. The number of Topliss-reactive ketones (excluding diaryl/α,β-unsaturated/α-hetero) is 1. The number of ketones is 1. The van der Waals surface area contributed by atoms with Crippen molar-refractivity contribution in [1.29, 1.82) is 0 Å². The first-order chi connectivity index (χ1) is 14.7. The molecule has 1 amide bonds. The Morgan fingerprint density at radius 2 is 1.74 bits per heavy atom. The van der Waals surface area contributed by atoms with E-state index in [1.165, 1.54) is 18.2 Å². The van der Waals surface area contributed by atoms with Gasteiger partial charge >= 0.3 is 0 Å². The molecule has 2 heterocycles. The monoisotopic (exact) mass is 420 g/mol. The van der Waals surface area contributed by atoms with Crippen LogP contribution in [-0.4, -0.2) is 28.0 Å². The van der Waals surface area contributed by atoms with Crippen molar-refractivity contribution in [1.82, 2.24) is 5.16 Å². The molecule has 3 aromatic rings. The van der Waals surface area contributed by atoms with Crippen LogP contribution in [0.5, 0.6) is 0 Å². The molecule has 1 unspecified atom stereocenters. The van der Waals surface area contributed by atoms with Gasteiger partial charge in [0.05, 0.1) is 5.57 Å². The van der Waals surface area contributed by atoms with Crippen LogP contribution in [0.2, 0.25) is 0 Å². The lowest BCUT2D eigenvalue weighted by Gasteiger charge is -2.21. The molecule has 7 heteroatoms. The molecule has 31 heavy (non-hydrogen) atoms. The number of hydrogen-bond acceptors (Lipinski definition) is 5. The number of carbonyl (C=O) groups excluding carboxylic acids is 2. The Hall–Kier alpha value is -3.74. The summed E-state index contributed by atoms with van der Waals surface area (Å²) in [5.74, 6) is -1.88. The standard InChI is InChI=1S/C24H21FN2O4/c1-24(2,3)17-13-18(26-31-17)27-20(21(28)14-9-5-4-6-10-14)22(29)19(23(27)30)15-11-7-8-12-16(15)25/h4-13,20,29H,1-3H3. The number of amides is 1. The highest BCUT2D eigenvalue weighted by Gasteiger charge is 2.47. The van der Waals surface area contributed by atoms with Crippen molar-refractivity contribution in [3.63, 3.8) is 0 Å². The van der Waals surface area contributed by atoms with Gasteiger partial charge < -0.3 is 9.63 Å². The highest BCUT2D eigenvalue weighted by atomic mass is 19.1. The van der Waals surface area contributed by atoms with E-state index >= 15 is 0 Å². The molecule has 1 aliphatic rings. The number of aliphatic hydroxyl groups excluding tert-OH is 1. The van der Waals surface area contributed by atoms with E-state index in [0.29, 0.717) is 11.3 Å². The molecule has 1 aliphatic heterocycles. The maximum atomic E-state index is 14.5. The number of halogens is 1. The van der Waals surface area contributed by atoms with Crippen LogP contribution in [0.4, 0.5) is 10.2 Å². The summed E-state index contributed by atoms with van der Waals surface area (Å²) in [6.45, 7) is 5.74. The summed E-state index contributed by atoms with van der Waals surface area (Å²) < 4.78 is 19.9. The Bertz CT molecular complexity index is 1190. The van der Waals surface area contributed by atoms with E-state index in [0.717, 1.165) is 4.90 Å². The van der Waals surface area contributed by atoms with Gasteiger partial charge in [-0.3, -0.25) is 14.5 Å². The second kappa shape index (κ2) is 7.50. The molecule has 0 saturated carbocycles. The van der Waals surface area contributed by atoms with Crippen molar-refractivity contribution in [2.45, 2.75) is 32.2 Å². The molecule has 6 nitrogen and oxygen atoms in total.